The molecule has 1 heterocycles. The Morgan fingerprint density at radius 1 is 1.22 bits per heavy atom. The molecule has 0 aliphatic rings. The average Bonchev–Trinajstić information content (AvgIpc) is 3.11. The van der Waals surface area contributed by atoms with Gasteiger partial charge in [-0.3, -0.25) is 4.79 Å². The Hall–Kier alpha value is -2.85. The second kappa shape index (κ2) is 8.69. The van der Waals surface area contributed by atoms with Crippen molar-refractivity contribution in [2.75, 3.05) is 27.2 Å². The Kier molecular flexibility index (Phi) is 6.59. The third-order valence-corrected chi connectivity index (χ3v) is 5.24. The summed E-state index contributed by atoms with van der Waals surface area (Å²) in [5, 5.41) is 10.9. The molecule has 0 radical (unpaired) electrons. The molecule has 0 spiro atoms. The van der Waals surface area contributed by atoms with Crippen molar-refractivity contribution in [1.82, 2.24) is 9.62 Å². The zero-order valence-corrected chi connectivity index (χ0v) is 15.7. The summed E-state index contributed by atoms with van der Waals surface area (Å²) in [5.74, 6) is -1.05. The number of rotatable bonds is 9. The molecular weight excluding hydrogens is 376 g/mol. The van der Waals surface area contributed by atoms with E-state index in [2.05, 4.69) is 5.32 Å². The Balaban J connectivity index is 1.86. The number of carbonyl (C=O) groups is 2. The summed E-state index contributed by atoms with van der Waals surface area (Å²) in [7, 11) is -0.988. The summed E-state index contributed by atoms with van der Waals surface area (Å²) in [6, 6.07) is 8.01. The Morgan fingerprint density at radius 2 is 1.89 bits per heavy atom. The predicted molar refractivity (Wildman–Crippen MR) is 95.2 cm³/mol. The maximum Gasteiger partial charge on any atom is 0.341 e. The first-order valence-corrected chi connectivity index (χ1v) is 9.37. The molecule has 0 saturated heterocycles. The lowest BCUT2D eigenvalue weighted by molar-refractivity contribution is -0.139. The number of sulfonamides is 1. The Labute approximate surface area is 156 Å². The molecule has 0 aliphatic heterocycles. The highest BCUT2D eigenvalue weighted by Crippen LogP contribution is 2.17. The molecule has 0 saturated carbocycles. The highest BCUT2D eigenvalue weighted by molar-refractivity contribution is 7.88. The van der Waals surface area contributed by atoms with E-state index in [1.54, 1.807) is 24.3 Å². The van der Waals surface area contributed by atoms with Crippen LogP contribution in [0.4, 0.5) is 0 Å². The van der Waals surface area contributed by atoms with Crippen molar-refractivity contribution in [3.05, 3.63) is 47.7 Å². The van der Waals surface area contributed by atoms with Crippen molar-refractivity contribution >= 4 is 21.9 Å². The molecule has 0 fully saturated rings. The normalized spacial score (nSPS) is 11.4. The molecule has 1 aromatic carbocycles. The van der Waals surface area contributed by atoms with Gasteiger partial charge in [0.25, 0.3) is 15.9 Å². The van der Waals surface area contributed by atoms with Gasteiger partial charge in [-0.2, -0.15) is 0 Å². The topological polar surface area (TPSA) is 126 Å². The standard InChI is InChI=1S/C17H20N2O7S/c1-19(2)27(23,24)16-9-13(10-26-16)17(22)18-8-7-12-3-5-14(6-4-12)25-11-15(20)21/h3-6,9-10H,7-8,11H2,1-2H3,(H,18,22)(H,20,21). The molecule has 0 atom stereocenters. The van der Waals surface area contributed by atoms with Gasteiger partial charge in [0.15, 0.2) is 6.61 Å². The molecule has 9 nitrogen and oxygen atoms in total. The van der Waals surface area contributed by atoms with E-state index in [0.29, 0.717) is 18.7 Å². The molecule has 1 aromatic heterocycles. The van der Waals surface area contributed by atoms with Crippen LogP contribution in [0.25, 0.3) is 0 Å². The number of benzene rings is 1. The lowest BCUT2D eigenvalue weighted by atomic mass is 10.1. The summed E-state index contributed by atoms with van der Waals surface area (Å²) in [4.78, 5) is 22.5. The zero-order valence-electron chi connectivity index (χ0n) is 14.8. The van der Waals surface area contributed by atoms with Crippen molar-refractivity contribution < 1.29 is 32.3 Å². The second-order valence-corrected chi connectivity index (χ2v) is 7.86. The van der Waals surface area contributed by atoms with Crippen LogP contribution in [0.3, 0.4) is 0 Å². The smallest absolute Gasteiger partial charge is 0.341 e. The van der Waals surface area contributed by atoms with Gasteiger partial charge in [-0.15, -0.1) is 0 Å². The third kappa shape index (κ3) is 5.56. The number of hydrogen-bond acceptors (Lipinski definition) is 6. The molecule has 1 amide bonds. The molecule has 10 heteroatoms. The van der Waals surface area contributed by atoms with Crippen LogP contribution in [0.15, 0.2) is 46.1 Å². The van der Waals surface area contributed by atoms with Crippen LogP contribution in [-0.4, -0.2) is 57.0 Å². The molecule has 146 valence electrons. The molecule has 0 unspecified atom stereocenters. The van der Waals surface area contributed by atoms with Crippen LogP contribution in [0, 0.1) is 0 Å². The summed E-state index contributed by atoms with van der Waals surface area (Å²) >= 11 is 0. The van der Waals surface area contributed by atoms with E-state index in [1.807, 2.05) is 0 Å². The van der Waals surface area contributed by atoms with Crippen molar-refractivity contribution in [3.8, 4) is 5.75 Å². The fraction of sp³-hybridized carbons (Fsp3) is 0.294. The summed E-state index contributed by atoms with van der Waals surface area (Å²) in [6.45, 7) is -0.0826. The minimum atomic E-state index is -3.73. The van der Waals surface area contributed by atoms with Gasteiger partial charge in [0.2, 0.25) is 5.09 Å². The number of furan rings is 1. The first-order valence-electron chi connectivity index (χ1n) is 7.93. The maximum atomic E-state index is 12.1. The van der Waals surface area contributed by atoms with E-state index >= 15 is 0 Å². The van der Waals surface area contributed by atoms with Crippen LogP contribution in [0.1, 0.15) is 15.9 Å². The zero-order chi connectivity index (χ0) is 20.0. The number of aliphatic carboxylic acids is 1. The van der Waals surface area contributed by atoms with Crippen LogP contribution in [0.2, 0.25) is 0 Å². The van der Waals surface area contributed by atoms with Gasteiger partial charge in [-0.1, -0.05) is 12.1 Å². The number of nitrogens with zero attached hydrogens (tertiary/aromatic N) is 1. The summed E-state index contributed by atoms with van der Waals surface area (Å²) in [5.41, 5.74) is 1.04. The molecule has 2 aromatic rings. The largest absolute Gasteiger partial charge is 0.482 e. The predicted octanol–water partition coefficient (Wildman–Crippen LogP) is 0.966. The van der Waals surface area contributed by atoms with Gasteiger partial charge in [0.1, 0.15) is 12.0 Å². The number of carboxylic acids is 1. The number of ether oxygens (including phenoxy) is 1. The van der Waals surface area contributed by atoms with E-state index in [9.17, 15) is 18.0 Å². The average molecular weight is 396 g/mol. The van der Waals surface area contributed by atoms with Gasteiger partial charge >= 0.3 is 5.97 Å². The molecule has 27 heavy (non-hydrogen) atoms. The maximum absolute atomic E-state index is 12.1. The first kappa shape index (κ1) is 20.5. The summed E-state index contributed by atoms with van der Waals surface area (Å²) < 4.78 is 34.9. The third-order valence-electron chi connectivity index (χ3n) is 3.56. The monoisotopic (exact) mass is 396 g/mol. The lowest BCUT2D eigenvalue weighted by Gasteiger charge is -2.07. The van der Waals surface area contributed by atoms with Crippen molar-refractivity contribution in [1.29, 1.82) is 0 Å². The van der Waals surface area contributed by atoms with Crippen LogP contribution >= 0.6 is 0 Å². The molecule has 2 N–H and O–H groups in total. The summed E-state index contributed by atoms with van der Waals surface area (Å²) in [6.07, 6.45) is 1.63. The fourth-order valence-electron chi connectivity index (χ4n) is 2.07. The van der Waals surface area contributed by atoms with Crippen molar-refractivity contribution in [3.63, 3.8) is 0 Å². The minimum Gasteiger partial charge on any atom is -0.482 e. The molecule has 2 rings (SSSR count). The number of hydrogen-bond donors (Lipinski definition) is 2. The number of amides is 1. The number of nitrogens with one attached hydrogen (secondary N) is 1. The van der Waals surface area contributed by atoms with Crippen LogP contribution in [-0.2, 0) is 21.2 Å². The van der Waals surface area contributed by atoms with Gasteiger partial charge < -0.3 is 19.6 Å². The SMILES string of the molecule is CN(C)S(=O)(=O)c1cc(C(=O)NCCc2ccc(OCC(=O)O)cc2)co1. The second-order valence-electron chi connectivity index (χ2n) is 5.77. The van der Waals surface area contributed by atoms with E-state index in [-0.39, 0.29) is 10.7 Å². The molecule has 0 bridgehead atoms. The quantitative estimate of drug-likeness (QED) is 0.646. The first-order chi connectivity index (χ1) is 12.7. The highest BCUT2D eigenvalue weighted by atomic mass is 32.2. The highest BCUT2D eigenvalue weighted by Gasteiger charge is 2.23. The van der Waals surface area contributed by atoms with Gasteiger partial charge in [-0.05, 0) is 24.1 Å². The van der Waals surface area contributed by atoms with Gasteiger partial charge in [0, 0.05) is 26.7 Å². The van der Waals surface area contributed by atoms with Gasteiger partial charge in [0.05, 0.1) is 5.56 Å². The minimum absolute atomic E-state index is 0.118. The molecular formula is C17H20N2O7S. The van der Waals surface area contributed by atoms with E-state index in [1.165, 1.54) is 20.2 Å². The van der Waals surface area contributed by atoms with E-state index in [4.69, 9.17) is 14.3 Å². The van der Waals surface area contributed by atoms with Crippen LogP contribution in [0.5, 0.6) is 5.75 Å². The van der Waals surface area contributed by atoms with Crippen LogP contribution < -0.4 is 10.1 Å². The van der Waals surface area contributed by atoms with Gasteiger partial charge in [-0.25, -0.2) is 17.5 Å². The Morgan fingerprint density at radius 3 is 2.48 bits per heavy atom. The number of carbonyl (C=O) groups excluding carboxylic acids is 1. The Bertz CT molecular complexity index is 902. The molecule has 0 aliphatic carbocycles. The number of carboxylic acid groups (broad SMARTS) is 1. The lowest BCUT2D eigenvalue weighted by Crippen LogP contribution is -2.25. The van der Waals surface area contributed by atoms with E-state index < -0.39 is 28.5 Å². The van der Waals surface area contributed by atoms with Crippen molar-refractivity contribution in [2.45, 2.75) is 11.5 Å². The van der Waals surface area contributed by atoms with Crippen molar-refractivity contribution in [2.24, 2.45) is 0 Å². The van der Waals surface area contributed by atoms with E-state index in [0.717, 1.165) is 16.1 Å². The fourth-order valence-corrected chi connectivity index (χ4v) is 2.88.